The van der Waals surface area contributed by atoms with Crippen LogP contribution in [-0.4, -0.2) is 23.7 Å². The molecule has 3 nitrogen and oxygen atoms in total. The van der Waals surface area contributed by atoms with Gasteiger partial charge < -0.3 is 10.4 Å². The van der Waals surface area contributed by atoms with Gasteiger partial charge in [0.25, 0.3) is 5.91 Å². The van der Waals surface area contributed by atoms with Crippen molar-refractivity contribution in [2.45, 2.75) is 20.0 Å². The third-order valence-corrected chi connectivity index (χ3v) is 2.75. The van der Waals surface area contributed by atoms with Crippen LogP contribution in [0.3, 0.4) is 0 Å². The Morgan fingerprint density at radius 1 is 1.53 bits per heavy atom. The van der Waals surface area contributed by atoms with Gasteiger partial charge in [0, 0.05) is 6.54 Å². The molecule has 1 aromatic carbocycles. The highest BCUT2D eigenvalue weighted by molar-refractivity contribution is 6.33. The fourth-order valence-electron chi connectivity index (χ4n) is 1.24. The van der Waals surface area contributed by atoms with Gasteiger partial charge in [0.05, 0.1) is 16.7 Å². The second-order valence-electron chi connectivity index (χ2n) is 4.12. The van der Waals surface area contributed by atoms with Crippen LogP contribution in [0.1, 0.15) is 24.2 Å². The van der Waals surface area contributed by atoms with Gasteiger partial charge in [0.15, 0.2) is 0 Å². The van der Waals surface area contributed by atoms with Gasteiger partial charge in [-0.2, -0.15) is 0 Å². The monoisotopic (exact) mass is 259 g/mol. The molecule has 0 radical (unpaired) electrons. The molecule has 0 heterocycles. The average Bonchev–Trinajstić information content (AvgIpc) is 2.25. The first-order chi connectivity index (χ1) is 7.93. The largest absolute Gasteiger partial charge is 0.391 e. The van der Waals surface area contributed by atoms with Crippen LogP contribution < -0.4 is 5.32 Å². The van der Waals surface area contributed by atoms with Gasteiger partial charge >= 0.3 is 0 Å². The maximum absolute atomic E-state index is 13.4. The molecule has 94 valence electrons. The molecule has 0 aliphatic heterocycles. The summed E-state index contributed by atoms with van der Waals surface area (Å²) in [5.74, 6) is -1.27. The van der Waals surface area contributed by atoms with E-state index in [0.717, 1.165) is 0 Å². The Balaban J connectivity index is 2.71. The Morgan fingerprint density at radius 3 is 2.71 bits per heavy atom. The molecule has 0 aliphatic carbocycles. The fourth-order valence-corrected chi connectivity index (χ4v) is 1.48. The Morgan fingerprint density at radius 2 is 2.18 bits per heavy atom. The fraction of sp³-hybridized carbons (Fsp3) is 0.417. The first-order valence-corrected chi connectivity index (χ1v) is 5.71. The molecule has 0 aliphatic rings. The minimum Gasteiger partial charge on any atom is -0.391 e. The lowest BCUT2D eigenvalue weighted by Gasteiger charge is -2.15. The van der Waals surface area contributed by atoms with E-state index in [9.17, 15) is 14.3 Å². The van der Waals surface area contributed by atoms with Crippen LogP contribution in [0.5, 0.6) is 0 Å². The number of aliphatic hydroxyl groups is 1. The Hall–Kier alpha value is -1.13. The van der Waals surface area contributed by atoms with Crippen LogP contribution in [0.25, 0.3) is 0 Å². The molecular weight excluding hydrogens is 245 g/mol. The van der Waals surface area contributed by atoms with Crippen molar-refractivity contribution in [3.8, 4) is 0 Å². The van der Waals surface area contributed by atoms with Crippen molar-refractivity contribution in [1.29, 1.82) is 0 Å². The Bertz CT molecular complexity index is 389. The zero-order valence-corrected chi connectivity index (χ0v) is 10.5. The quantitative estimate of drug-likeness (QED) is 0.871. The van der Waals surface area contributed by atoms with E-state index >= 15 is 0 Å². The first-order valence-electron chi connectivity index (χ1n) is 5.33. The number of carbonyl (C=O) groups is 1. The van der Waals surface area contributed by atoms with E-state index in [0.29, 0.717) is 0 Å². The van der Waals surface area contributed by atoms with E-state index in [1.165, 1.54) is 18.2 Å². The number of carbonyl (C=O) groups excluding carboxylic acids is 1. The smallest absolute Gasteiger partial charge is 0.255 e. The van der Waals surface area contributed by atoms with E-state index in [2.05, 4.69) is 5.32 Å². The summed E-state index contributed by atoms with van der Waals surface area (Å²) in [4.78, 5) is 11.7. The van der Waals surface area contributed by atoms with Gasteiger partial charge in [-0.3, -0.25) is 4.79 Å². The van der Waals surface area contributed by atoms with Gasteiger partial charge in [0.2, 0.25) is 0 Å². The molecular formula is C12H15ClFNO2. The molecule has 1 atom stereocenters. The highest BCUT2D eigenvalue weighted by Crippen LogP contribution is 2.18. The number of nitrogens with one attached hydrogen (secondary N) is 1. The highest BCUT2D eigenvalue weighted by Gasteiger charge is 2.17. The van der Waals surface area contributed by atoms with Crippen LogP contribution >= 0.6 is 11.6 Å². The van der Waals surface area contributed by atoms with Crippen LogP contribution in [0, 0.1) is 11.7 Å². The number of aliphatic hydroxyl groups excluding tert-OH is 1. The minimum atomic E-state index is -0.672. The second kappa shape index (κ2) is 5.98. The molecule has 1 unspecified atom stereocenters. The molecule has 5 heteroatoms. The summed E-state index contributed by atoms with van der Waals surface area (Å²) in [6, 6.07) is 4.04. The van der Waals surface area contributed by atoms with Gasteiger partial charge in [-0.15, -0.1) is 0 Å². The van der Waals surface area contributed by atoms with Crippen LogP contribution in [0.4, 0.5) is 4.39 Å². The summed E-state index contributed by atoms with van der Waals surface area (Å²) < 4.78 is 13.4. The molecule has 1 rings (SSSR count). The topological polar surface area (TPSA) is 49.3 Å². The van der Waals surface area contributed by atoms with Gasteiger partial charge in [-0.05, 0) is 18.1 Å². The van der Waals surface area contributed by atoms with Crippen molar-refractivity contribution in [3.05, 3.63) is 34.6 Å². The number of hydrogen-bond donors (Lipinski definition) is 2. The first kappa shape index (κ1) is 13.9. The molecule has 0 aromatic heterocycles. The molecule has 0 fully saturated rings. The summed E-state index contributed by atoms with van der Waals surface area (Å²) in [6.07, 6.45) is -0.663. The number of rotatable bonds is 4. The number of hydrogen-bond acceptors (Lipinski definition) is 2. The maximum atomic E-state index is 13.4. The minimum absolute atomic E-state index is 0.0198. The lowest BCUT2D eigenvalue weighted by Crippen LogP contribution is -2.35. The molecule has 2 N–H and O–H groups in total. The standard InChI is InChI=1S/C12H15ClFNO2/c1-7(2)10(16)6-15-12(17)11-8(13)4-3-5-9(11)14/h3-5,7,10,16H,6H2,1-2H3,(H,15,17). The Labute approximate surface area is 105 Å². The number of halogens is 2. The lowest BCUT2D eigenvalue weighted by atomic mass is 10.1. The van der Waals surface area contributed by atoms with Crippen LogP contribution in [0.15, 0.2) is 18.2 Å². The van der Waals surface area contributed by atoms with E-state index in [4.69, 9.17) is 11.6 Å². The summed E-state index contributed by atoms with van der Waals surface area (Å²) in [6.45, 7) is 3.72. The molecule has 0 spiro atoms. The zero-order valence-electron chi connectivity index (χ0n) is 9.71. The van der Waals surface area contributed by atoms with Crippen molar-refractivity contribution in [2.24, 2.45) is 5.92 Å². The van der Waals surface area contributed by atoms with E-state index < -0.39 is 17.8 Å². The average molecular weight is 260 g/mol. The molecule has 0 saturated heterocycles. The summed E-state index contributed by atoms with van der Waals surface area (Å²) >= 11 is 5.74. The lowest BCUT2D eigenvalue weighted by molar-refractivity contribution is 0.0868. The molecule has 1 aromatic rings. The summed E-state index contributed by atoms with van der Waals surface area (Å²) in [5, 5.41) is 12.0. The maximum Gasteiger partial charge on any atom is 0.255 e. The third-order valence-electron chi connectivity index (χ3n) is 2.43. The highest BCUT2D eigenvalue weighted by atomic mass is 35.5. The normalized spacial score (nSPS) is 12.6. The van der Waals surface area contributed by atoms with Crippen molar-refractivity contribution < 1.29 is 14.3 Å². The number of benzene rings is 1. The molecule has 0 saturated carbocycles. The summed E-state index contributed by atoms with van der Waals surface area (Å²) in [7, 11) is 0. The van der Waals surface area contributed by atoms with Crippen molar-refractivity contribution >= 4 is 17.5 Å². The molecule has 1 amide bonds. The summed E-state index contributed by atoms with van der Waals surface area (Å²) in [5.41, 5.74) is -0.190. The van der Waals surface area contributed by atoms with Crippen molar-refractivity contribution in [2.75, 3.05) is 6.54 Å². The molecule has 17 heavy (non-hydrogen) atoms. The van der Waals surface area contributed by atoms with Gasteiger partial charge in [0.1, 0.15) is 5.82 Å². The predicted octanol–water partition coefficient (Wildman–Crippen LogP) is 2.23. The third kappa shape index (κ3) is 3.68. The van der Waals surface area contributed by atoms with Crippen molar-refractivity contribution in [3.63, 3.8) is 0 Å². The van der Waals surface area contributed by atoms with Gasteiger partial charge in [-0.25, -0.2) is 4.39 Å². The SMILES string of the molecule is CC(C)C(O)CNC(=O)c1c(F)cccc1Cl. The second-order valence-corrected chi connectivity index (χ2v) is 4.53. The van der Waals surface area contributed by atoms with E-state index in [-0.39, 0.29) is 23.0 Å². The number of amides is 1. The van der Waals surface area contributed by atoms with E-state index in [1.807, 2.05) is 13.8 Å². The van der Waals surface area contributed by atoms with Crippen LogP contribution in [-0.2, 0) is 0 Å². The van der Waals surface area contributed by atoms with Gasteiger partial charge in [-0.1, -0.05) is 31.5 Å². The molecule has 0 bridgehead atoms. The Kier molecular flexibility index (Phi) is 4.90. The van der Waals surface area contributed by atoms with E-state index in [1.54, 1.807) is 0 Å². The predicted molar refractivity (Wildman–Crippen MR) is 64.6 cm³/mol. The van der Waals surface area contributed by atoms with Crippen molar-refractivity contribution in [1.82, 2.24) is 5.32 Å². The zero-order chi connectivity index (χ0) is 13.0. The van der Waals surface area contributed by atoms with Crippen LogP contribution in [0.2, 0.25) is 5.02 Å².